The highest BCUT2D eigenvalue weighted by atomic mass is 16.5. The molecule has 5 heteroatoms. The van der Waals surface area contributed by atoms with Gasteiger partial charge in [-0.3, -0.25) is 9.89 Å². The van der Waals surface area contributed by atoms with Crippen molar-refractivity contribution in [3.05, 3.63) is 53.2 Å². The van der Waals surface area contributed by atoms with E-state index in [1.165, 1.54) is 0 Å². The van der Waals surface area contributed by atoms with Gasteiger partial charge in [-0.1, -0.05) is 6.07 Å². The van der Waals surface area contributed by atoms with Crippen molar-refractivity contribution >= 4 is 22.5 Å². The monoisotopic (exact) mass is 309 g/mol. The van der Waals surface area contributed by atoms with Gasteiger partial charge in [0.2, 0.25) is 5.91 Å². The van der Waals surface area contributed by atoms with Crippen molar-refractivity contribution in [2.75, 3.05) is 12.4 Å². The molecule has 0 radical (unpaired) electrons. The van der Waals surface area contributed by atoms with Crippen molar-refractivity contribution in [1.82, 2.24) is 10.2 Å². The number of ether oxygens (including phenoxy) is 1. The number of aromatic nitrogens is 2. The summed E-state index contributed by atoms with van der Waals surface area (Å²) in [4.78, 5) is 12.3. The molecule has 0 atom stereocenters. The molecule has 2 aromatic carbocycles. The number of benzene rings is 2. The van der Waals surface area contributed by atoms with E-state index in [2.05, 4.69) is 15.5 Å². The summed E-state index contributed by atoms with van der Waals surface area (Å²) in [5, 5.41) is 10.8. The van der Waals surface area contributed by atoms with E-state index in [1.54, 1.807) is 13.3 Å². The first-order valence-electron chi connectivity index (χ1n) is 7.44. The Labute approximate surface area is 134 Å². The molecule has 0 saturated heterocycles. The number of hydrogen-bond donors (Lipinski definition) is 2. The minimum Gasteiger partial charge on any atom is -0.496 e. The molecule has 0 aliphatic heterocycles. The van der Waals surface area contributed by atoms with Gasteiger partial charge >= 0.3 is 0 Å². The fourth-order valence-electron chi connectivity index (χ4n) is 2.57. The maximum absolute atomic E-state index is 12.3. The number of carbonyl (C=O) groups excluding carboxylic acids is 1. The number of carbonyl (C=O) groups is 1. The van der Waals surface area contributed by atoms with Gasteiger partial charge in [0.15, 0.2) is 0 Å². The third-order valence-electron chi connectivity index (χ3n) is 3.97. The number of nitrogens with one attached hydrogen (secondary N) is 2. The second-order valence-electron chi connectivity index (χ2n) is 5.65. The van der Waals surface area contributed by atoms with E-state index < -0.39 is 0 Å². The second kappa shape index (κ2) is 6.12. The van der Waals surface area contributed by atoms with Gasteiger partial charge in [-0.25, -0.2) is 0 Å². The van der Waals surface area contributed by atoms with E-state index in [1.807, 2.05) is 44.2 Å². The summed E-state index contributed by atoms with van der Waals surface area (Å²) in [5.74, 6) is 0.665. The van der Waals surface area contributed by atoms with Crippen LogP contribution in [0.5, 0.6) is 5.75 Å². The minimum atomic E-state index is -0.0783. The number of rotatable bonds is 4. The molecule has 0 saturated carbocycles. The largest absolute Gasteiger partial charge is 0.496 e. The lowest BCUT2D eigenvalue weighted by Crippen LogP contribution is -2.15. The number of fused-ring (bicyclic) bond motifs is 1. The average molecular weight is 309 g/mol. The van der Waals surface area contributed by atoms with E-state index in [9.17, 15) is 4.79 Å². The van der Waals surface area contributed by atoms with Gasteiger partial charge in [0.05, 0.1) is 25.2 Å². The standard InChI is InChI=1S/C18H19N3O2/c1-11-6-14(17(23-3)7-12(11)2)8-18(22)20-15-5-4-13-10-19-21-16(13)9-15/h4-7,9-10H,8H2,1-3H3,(H,19,21)(H,20,22). The number of nitrogens with zero attached hydrogens (tertiary/aromatic N) is 1. The molecule has 118 valence electrons. The zero-order valence-corrected chi connectivity index (χ0v) is 13.4. The third kappa shape index (κ3) is 3.18. The van der Waals surface area contributed by atoms with Gasteiger partial charge in [-0.05, 0) is 49.2 Å². The van der Waals surface area contributed by atoms with Crippen molar-refractivity contribution in [2.45, 2.75) is 20.3 Å². The molecule has 1 heterocycles. The Morgan fingerprint density at radius 2 is 2.00 bits per heavy atom. The summed E-state index contributed by atoms with van der Waals surface area (Å²) >= 11 is 0. The molecule has 23 heavy (non-hydrogen) atoms. The van der Waals surface area contributed by atoms with Crippen LogP contribution >= 0.6 is 0 Å². The molecular weight excluding hydrogens is 290 g/mol. The molecule has 0 aliphatic carbocycles. The number of hydrogen-bond acceptors (Lipinski definition) is 3. The molecule has 0 unspecified atom stereocenters. The maximum atomic E-state index is 12.3. The fraction of sp³-hybridized carbons (Fsp3) is 0.222. The predicted octanol–water partition coefficient (Wildman–Crippen LogP) is 3.37. The maximum Gasteiger partial charge on any atom is 0.228 e. The summed E-state index contributed by atoms with van der Waals surface area (Å²) < 4.78 is 5.39. The fourth-order valence-corrected chi connectivity index (χ4v) is 2.57. The lowest BCUT2D eigenvalue weighted by molar-refractivity contribution is -0.115. The van der Waals surface area contributed by atoms with Gasteiger partial charge < -0.3 is 10.1 Å². The van der Waals surface area contributed by atoms with Crippen LogP contribution in [0.2, 0.25) is 0 Å². The normalized spacial score (nSPS) is 10.7. The number of methoxy groups -OCH3 is 1. The minimum absolute atomic E-state index is 0.0783. The van der Waals surface area contributed by atoms with Crippen molar-refractivity contribution in [2.24, 2.45) is 0 Å². The van der Waals surface area contributed by atoms with Crippen LogP contribution in [-0.2, 0) is 11.2 Å². The molecule has 0 bridgehead atoms. The molecule has 3 aromatic rings. The van der Waals surface area contributed by atoms with Crippen molar-refractivity contribution in [1.29, 1.82) is 0 Å². The average Bonchev–Trinajstić information content (AvgIpc) is 2.98. The quantitative estimate of drug-likeness (QED) is 0.776. The second-order valence-corrected chi connectivity index (χ2v) is 5.65. The van der Waals surface area contributed by atoms with Crippen LogP contribution in [0, 0.1) is 13.8 Å². The Morgan fingerprint density at radius 1 is 1.22 bits per heavy atom. The number of anilines is 1. The number of aromatic amines is 1. The van der Waals surface area contributed by atoms with Crippen LogP contribution < -0.4 is 10.1 Å². The molecule has 0 spiro atoms. The van der Waals surface area contributed by atoms with Gasteiger partial charge in [0.1, 0.15) is 5.75 Å². The molecule has 3 rings (SSSR count). The summed E-state index contributed by atoms with van der Waals surface area (Å²) in [5.41, 5.74) is 4.82. The molecule has 1 aromatic heterocycles. The van der Waals surface area contributed by atoms with Gasteiger partial charge in [-0.15, -0.1) is 0 Å². The lowest BCUT2D eigenvalue weighted by atomic mass is 10.0. The smallest absolute Gasteiger partial charge is 0.228 e. The molecule has 1 amide bonds. The van der Waals surface area contributed by atoms with E-state index in [4.69, 9.17) is 4.74 Å². The summed E-state index contributed by atoms with van der Waals surface area (Å²) in [6, 6.07) is 9.64. The van der Waals surface area contributed by atoms with Crippen molar-refractivity contribution in [3.63, 3.8) is 0 Å². The van der Waals surface area contributed by atoms with Crippen molar-refractivity contribution in [3.8, 4) is 5.75 Å². The molecule has 0 fully saturated rings. The third-order valence-corrected chi connectivity index (χ3v) is 3.97. The number of amides is 1. The lowest BCUT2D eigenvalue weighted by Gasteiger charge is -2.12. The number of H-pyrrole nitrogens is 1. The summed E-state index contributed by atoms with van der Waals surface area (Å²) in [6.45, 7) is 4.06. The van der Waals surface area contributed by atoms with Gasteiger partial charge in [0, 0.05) is 16.6 Å². The van der Waals surface area contributed by atoms with Crippen molar-refractivity contribution < 1.29 is 9.53 Å². The Hall–Kier alpha value is -2.82. The number of aryl methyl sites for hydroxylation is 2. The summed E-state index contributed by atoms with van der Waals surface area (Å²) in [7, 11) is 1.62. The van der Waals surface area contributed by atoms with E-state index in [0.29, 0.717) is 0 Å². The topological polar surface area (TPSA) is 67.0 Å². The van der Waals surface area contributed by atoms with E-state index >= 15 is 0 Å². The van der Waals surface area contributed by atoms with Crippen LogP contribution in [-0.4, -0.2) is 23.2 Å². The summed E-state index contributed by atoms with van der Waals surface area (Å²) in [6.07, 6.45) is 2.02. The Kier molecular flexibility index (Phi) is 4.02. The molecular formula is C18H19N3O2. The zero-order valence-electron chi connectivity index (χ0n) is 13.4. The Balaban J connectivity index is 1.77. The Morgan fingerprint density at radius 3 is 2.78 bits per heavy atom. The highest BCUT2D eigenvalue weighted by Crippen LogP contribution is 2.24. The van der Waals surface area contributed by atoms with Gasteiger partial charge in [0.25, 0.3) is 0 Å². The van der Waals surface area contributed by atoms with Gasteiger partial charge in [-0.2, -0.15) is 5.10 Å². The van der Waals surface area contributed by atoms with Crippen LogP contribution in [0.1, 0.15) is 16.7 Å². The first-order valence-corrected chi connectivity index (χ1v) is 7.44. The molecule has 5 nitrogen and oxygen atoms in total. The first kappa shape index (κ1) is 15.1. The highest BCUT2D eigenvalue weighted by Gasteiger charge is 2.11. The molecule has 0 aliphatic rings. The predicted molar refractivity (Wildman–Crippen MR) is 90.9 cm³/mol. The van der Waals surface area contributed by atoms with E-state index in [-0.39, 0.29) is 12.3 Å². The first-order chi connectivity index (χ1) is 11.1. The highest BCUT2D eigenvalue weighted by molar-refractivity contribution is 5.94. The zero-order chi connectivity index (χ0) is 16.4. The van der Waals surface area contributed by atoms with Crippen LogP contribution in [0.4, 0.5) is 5.69 Å². The Bertz CT molecular complexity index is 868. The van der Waals surface area contributed by atoms with Crippen LogP contribution in [0.15, 0.2) is 36.5 Å². The molecule has 2 N–H and O–H groups in total. The SMILES string of the molecule is COc1cc(C)c(C)cc1CC(=O)Nc1ccc2cn[nH]c2c1. The van der Waals surface area contributed by atoms with Crippen LogP contribution in [0.3, 0.4) is 0 Å². The van der Waals surface area contributed by atoms with E-state index in [0.717, 1.165) is 39.0 Å². The van der Waals surface area contributed by atoms with Crippen LogP contribution in [0.25, 0.3) is 10.9 Å².